The predicted octanol–water partition coefficient (Wildman–Crippen LogP) is 4.40. The van der Waals surface area contributed by atoms with Crippen LogP contribution in [-0.2, 0) is 0 Å². The molecule has 0 bridgehead atoms. The van der Waals surface area contributed by atoms with Gasteiger partial charge in [-0.15, -0.1) is 0 Å². The summed E-state index contributed by atoms with van der Waals surface area (Å²) >= 11 is 0. The van der Waals surface area contributed by atoms with Crippen molar-refractivity contribution in [3.05, 3.63) is 35.9 Å². The average Bonchev–Trinajstić information content (AvgIpc) is 2.54. The third kappa shape index (κ3) is 2.10. The largest absolute Gasteiger partial charge is 0.197 e. The maximum absolute atomic E-state index is 9.69. The molecule has 0 aromatic heterocycles. The molecular formula is C18H20N2. The first-order valence-electron chi connectivity index (χ1n) is 7.66. The van der Waals surface area contributed by atoms with E-state index in [0.29, 0.717) is 11.8 Å². The molecule has 2 aliphatic carbocycles. The van der Waals surface area contributed by atoms with Crippen LogP contribution < -0.4 is 0 Å². The van der Waals surface area contributed by atoms with E-state index in [-0.39, 0.29) is 5.92 Å². The van der Waals surface area contributed by atoms with Crippen LogP contribution in [0.4, 0.5) is 0 Å². The van der Waals surface area contributed by atoms with E-state index in [1.54, 1.807) is 0 Å². The van der Waals surface area contributed by atoms with Gasteiger partial charge in [-0.1, -0.05) is 56.0 Å². The van der Waals surface area contributed by atoms with Crippen LogP contribution in [0.15, 0.2) is 30.3 Å². The lowest BCUT2D eigenvalue weighted by molar-refractivity contribution is 0.101. The van der Waals surface area contributed by atoms with Crippen molar-refractivity contribution >= 4 is 0 Å². The summed E-state index contributed by atoms with van der Waals surface area (Å²) in [7, 11) is 0. The second kappa shape index (κ2) is 5.29. The standard InChI is InChI=1S/C18H20N2/c19-12-18(13-20)11-16-9-5-4-8-15(16)10-17(18)14-6-2-1-3-7-14/h1-3,6-7,15-17H,4-5,8-11H2/t15-,16+,17-/m1/s1. The van der Waals surface area contributed by atoms with E-state index < -0.39 is 5.41 Å². The first-order chi connectivity index (χ1) is 9.79. The Morgan fingerprint density at radius 3 is 2.25 bits per heavy atom. The number of fused-ring (bicyclic) bond motifs is 1. The molecule has 0 radical (unpaired) electrons. The fraction of sp³-hybridized carbons (Fsp3) is 0.556. The van der Waals surface area contributed by atoms with Crippen LogP contribution in [0.1, 0.15) is 50.0 Å². The molecule has 0 aliphatic heterocycles. The summed E-state index contributed by atoms with van der Waals surface area (Å²) in [5.74, 6) is 1.38. The highest BCUT2D eigenvalue weighted by molar-refractivity contribution is 5.32. The molecule has 2 nitrogen and oxygen atoms in total. The van der Waals surface area contributed by atoms with E-state index >= 15 is 0 Å². The van der Waals surface area contributed by atoms with E-state index in [4.69, 9.17) is 0 Å². The summed E-state index contributed by atoms with van der Waals surface area (Å²) in [6, 6.07) is 15.0. The highest BCUT2D eigenvalue weighted by Crippen LogP contribution is 2.54. The van der Waals surface area contributed by atoms with Gasteiger partial charge in [-0.05, 0) is 30.2 Å². The summed E-state index contributed by atoms with van der Waals surface area (Å²) in [6.45, 7) is 0. The van der Waals surface area contributed by atoms with Gasteiger partial charge in [0.25, 0.3) is 0 Å². The third-order valence-electron chi connectivity index (χ3n) is 5.38. The van der Waals surface area contributed by atoms with Crippen molar-refractivity contribution in [3.63, 3.8) is 0 Å². The lowest BCUT2D eigenvalue weighted by Crippen LogP contribution is -2.39. The van der Waals surface area contributed by atoms with Crippen LogP contribution in [0, 0.1) is 39.9 Å². The van der Waals surface area contributed by atoms with Crippen molar-refractivity contribution < 1.29 is 0 Å². The number of nitrogens with zero attached hydrogens (tertiary/aromatic N) is 2. The van der Waals surface area contributed by atoms with Gasteiger partial charge < -0.3 is 0 Å². The summed E-state index contributed by atoms with van der Waals surface area (Å²) in [5.41, 5.74) is 0.347. The molecule has 102 valence electrons. The van der Waals surface area contributed by atoms with E-state index in [1.165, 1.54) is 31.2 Å². The minimum absolute atomic E-state index is 0.0815. The van der Waals surface area contributed by atoms with Crippen molar-refractivity contribution in [1.82, 2.24) is 0 Å². The summed E-state index contributed by atoms with van der Waals surface area (Å²) in [5, 5.41) is 19.4. The Labute approximate surface area is 121 Å². The van der Waals surface area contributed by atoms with E-state index in [1.807, 2.05) is 18.2 Å². The van der Waals surface area contributed by atoms with Gasteiger partial charge in [-0.3, -0.25) is 0 Å². The Hall–Kier alpha value is -1.80. The van der Waals surface area contributed by atoms with Crippen molar-refractivity contribution in [2.75, 3.05) is 0 Å². The second-order valence-corrected chi connectivity index (χ2v) is 6.40. The van der Waals surface area contributed by atoms with Crippen LogP contribution in [-0.4, -0.2) is 0 Å². The van der Waals surface area contributed by atoms with Crippen molar-refractivity contribution in [1.29, 1.82) is 10.5 Å². The second-order valence-electron chi connectivity index (χ2n) is 6.40. The number of benzene rings is 1. The molecule has 3 rings (SSSR count). The topological polar surface area (TPSA) is 47.6 Å². The first kappa shape index (κ1) is 13.2. The average molecular weight is 264 g/mol. The first-order valence-corrected chi connectivity index (χ1v) is 7.66. The van der Waals surface area contributed by atoms with E-state index in [0.717, 1.165) is 12.8 Å². The summed E-state index contributed by atoms with van der Waals surface area (Å²) in [6.07, 6.45) is 6.84. The van der Waals surface area contributed by atoms with Gasteiger partial charge in [0, 0.05) is 5.92 Å². The fourth-order valence-corrected chi connectivity index (χ4v) is 4.30. The SMILES string of the molecule is N#CC1(C#N)C[C@@H]2CCCC[C@@H]2C[C@@H]1c1ccccc1. The van der Waals surface area contributed by atoms with Crippen molar-refractivity contribution in [3.8, 4) is 12.1 Å². The number of hydrogen-bond donors (Lipinski definition) is 0. The smallest absolute Gasteiger partial charge is 0.150 e. The molecular weight excluding hydrogens is 244 g/mol. The summed E-state index contributed by atoms with van der Waals surface area (Å²) < 4.78 is 0. The molecule has 1 aromatic carbocycles. The monoisotopic (exact) mass is 264 g/mol. The summed E-state index contributed by atoms with van der Waals surface area (Å²) in [4.78, 5) is 0. The molecule has 2 saturated carbocycles. The van der Waals surface area contributed by atoms with Crippen LogP contribution in [0.2, 0.25) is 0 Å². The van der Waals surface area contributed by atoms with Crippen LogP contribution in [0.25, 0.3) is 0 Å². The van der Waals surface area contributed by atoms with Gasteiger partial charge in [0.2, 0.25) is 0 Å². The third-order valence-corrected chi connectivity index (χ3v) is 5.38. The zero-order valence-electron chi connectivity index (χ0n) is 11.8. The molecule has 2 heteroatoms. The Morgan fingerprint density at radius 2 is 1.60 bits per heavy atom. The number of hydrogen-bond acceptors (Lipinski definition) is 2. The zero-order chi connectivity index (χ0) is 14.0. The van der Waals surface area contributed by atoms with Crippen LogP contribution in [0.3, 0.4) is 0 Å². The molecule has 0 unspecified atom stereocenters. The minimum atomic E-state index is -0.820. The van der Waals surface area contributed by atoms with Gasteiger partial charge >= 0.3 is 0 Å². The van der Waals surface area contributed by atoms with Gasteiger partial charge in [0.05, 0.1) is 12.1 Å². The molecule has 1 aromatic rings. The number of rotatable bonds is 1. The molecule has 0 spiro atoms. The van der Waals surface area contributed by atoms with Crippen LogP contribution >= 0.6 is 0 Å². The molecule has 2 aliphatic rings. The Kier molecular flexibility index (Phi) is 3.49. The quantitative estimate of drug-likeness (QED) is 0.754. The molecule has 3 atom stereocenters. The Bertz CT molecular complexity index is 535. The highest BCUT2D eigenvalue weighted by atomic mass is 14.5. The normalized spacial score (nSPS) is 31.6. The molecule has 2 fully saturated rings. The van der Waals surface area contributed by atoms with Crippen LogP contribution in [0.5, 0.6) is 0 Å². The van der Waals surface area contributed by atoms with E-state index in [9.17, 15) is 10.5 Å². The molecule has 0 amide bonds. The molecule has 0 N–H and O–H groups in total. The molecule has 0 heterocycles. The molecule has 0 saturated heterocycles. The maximum atomic E-state index is 9.69. The van der Waals surface area contributed by atoms with Gasteiger partial charge in [-0.2, -0.15) is 10.5 Å². The lowest BCUT2D eigenvalue weighted by Gasteiger charge is -2.45. The predicted molar refractivity (Wildman–Crippen MR) is 77.5 cm³/mol. The highest BCUT2D eigenvalue weighted by Gasteiger charge is 2.49. The van der Waals surface area contributed by atoms with E-state index in [2.05, 4.69) is 24.3 Å². The Balaban J connectivity index is 1.97. The van der Waals surface area contributed by atoms with Crippen molar-refractivity contribution in [2.45, 2.75) is 44.4 Å². The number of nitriles is 2. The van der Waals surface area contributed by atoms with Crippen molar-refractivity contribution in [2.24, 2.45) is 17.3 Å². The van der Waals surface area contributed by atoms with Gasteiger partial charge in [0.1, 0.15) is 0 Å². The Morgan fingerprint density at radius 1 is 0.950 bits per heavy atom. The maximum Gasteiger partial charge on any atom is 0.150 e. The minimum Gasteiger partial charge on any atom is -0.197 e. The molecule has 20 heavy (non-hydrogen) atoms. The lowest BCUT2D eigenvalue weighted by atomic mass is 9.56. The van der Waals surface area contributed by atoms with Gasteiger partial charge in [-0.25, -0.2) is 0 Å². The zero-order valence-corrected chi connectivity index (χ0v) is 11.8. The van der Waals surface area contributed by atoms with Gasteiger partial charge in [0.15, 0.2) is 5.41 Å². The fourth-order valence-electron chi connectivity index (χ4n) is 4.30.